The minimum absolute atomic E-state index is 0.646. The van der Waals surface area contributed by atoms with Crippen LogP contribution < -0.4 is 5.32 Å². The van der Waals surface area contributed by atoms with Gasteiger partial charge in [0.1, 0.15) is 5.03 Å². The van der Waals surface area contributed by atoms with Crippen LogP contribution in [0.5, 0.6) is 0 Å². The first-order chi connectivity index (χ1) is 15.2. The molecule has 5 nitrogen and oxygen atoms in total. The lowest BCUT2D eigenvalue weighted by molar-refractivity contribution is 0.662. The molecule has 0 bridgehead atoms. The van der Waals surface area contributed by atoms with Crippen molar-refractivity contribution in [1.29, 1.82) is 5.26 Å². The van der Waals surface area contributed by atoms with Crippen LogP contribution in [0.15, 0.2) is 66.0 Å². The van der Waals surface area contributed by atoms with Gasteiger partial charge >= 0.3 is 0 Å². The van der Waals surface area contributed by atoms with Crippen LogP contribution in [0.3, 0.4) is 0 Å². The Bertz CT molecular complexity index is 1250. The molecule has 0 saturated carbocycles. The fourth-order valence-electron chi connectivity index (χ4n) is 4.00. The number of imidazole rings is 1. The van der Waals surface area contributed by atoms with Crippen molar-refractivity contribution in [3.63, 3.8) is 0 Å². The second kappa shape index (κ2) is 8.54. The van der Waals surface area contributed by atoms with Gasteiger partial charge in [-0.05, 0) is 44.5 Å². The smallest absolute Gasteiger partial charge is 0.170 e. The third-order valence-electron chi connectivity index (χ3n) is 5.74. The number of aryl methyl sites for hydroxylation is 1. The Balaban J connectivity index is 1.67. The van der Waals surface area contributed by atoms with Crippen molar-refractivity contribution < 1.29 is 0 Å². The van der Waals surface area contributed by atoms with Gasteiger partial charge in [-0.15, -0.1) is 11.8 Å². The molecule has 2 aromatic carbocycles. The van der Waals surface area contributed by atoms with E-state index in [4.69, 9.17) is 4.98 Å². The van der Waals surface area contributed by atoms with Gasteiger partial charge in [-0.2, -0.15) is 5.26 Å². The second-order valence-electron chi connectivity index (χ2n) is 7.96. The molecular weight excluding hydrogens is 402 g/mol. The third-order valence-corrected chi connectivity index (χ3v) is 6.93. The van der Waals surface area contributed by atoms with Gasteiger partial charge in [-0.3, -0.25) is 4.40 Å². The van der Waals surface area contributed by atoms with Crippen LogP contribution in [0, 0.1) is 24.2 Å². The molecule has 1 aliphatic heterocycles. The van der Waals surface area contributed by atoms with Crippen LogP contribution in [0.2, 0.25) is 0 Å². The number of aromatic nitrogens is 3. The number of nitrogens with zero attached hydrogens (tertiary/aromatic N) is 4. The summed E-state index contributed by atoms with van der Waals surface area (Å²) in [4.78, 5) is 9.79. The van der Waals surface area contributed by atoms with Crippen LogP contribution in [0.4, 0.5) is 0 Å². The quantitative estimate of drug-likeness (QED) is 0.459. The van der Waals surface area contributed by atoms with E-state index in [2.05, 4.69) is 52.0 Å². The Kier molecular flexibility index (Phi) is 5.46. The highest BCUT2D eigenvalue weighted by atomic mass is 32.2. The van der Waals surface area contributed by atoms with Gasteiger partial charge < -0.3 is 5.32 Å². The maximum Gasteiger partial charge on any atom is 0.170 e. The molecule has 1 fully saturated rings. The molecule has 0 spiro atoms. The molecule has 3 heterocycles. The minimum atomic E-state index is 0.646. The molecular formula is C25H23N5S. The van der Waals surface area contributed by atoms with Gasteiger partial charge in [0.15, 0.2) is 5.65 Å². The lowest BCUT2D eigenvalue weighted by Crippen LogP contribution is -2.10. The maximum absolute atomic E-state index is 9.20. The van der Waals surface area contributed by atoms with E-state index < -0.39 is 0 Å². The number of thioether (sulfide) groups is 1. The molecule has 1 N–H and O–H groups in total. The van der Waals surface area contributed by atoms with E-state index in [-0.39, 0.29) is 0 Å². The number of fused-ring (bicyclic) bond motifs is 1. The Morgan fingerprint density at radius 3 is 2.61 bits per heavy atom. The molecule has 6 heteroatoms. The summed E-state index contributed by atoms with van der Waals surface area (Å²) in [5.74, 6) is 1.69. The normalized spacial score (nSPS) is 15.9. The first-order valence-electron chi connectivity index (χ1n) is 10.5. The highest BCUT2D eigenvalue weighted by Gasteiger charge is 2.20. The Labute approximate surface area is 186 Å². The van der Waals surface area contributed by atoms with E-state index in [1.165, 1.54) is 12.0 Å². The lowest BCUT2D eigenvalue weighted by Gasteiger charge is -2.16. The minimum Gasteiger partial charge on any atom is -0.316 e. The van der Waals surface area contributed by atoms with Gasteiger partial charge in [-0.1, -0.05) is 42.0 Å². The Morgan fingerprint density at radius 1 is 1.13 bits per heavy atom. The van der Waals surface area contributed by atoms with Crippen LogP contribution >= 0.6 is 11.8 Å². The Hall–Kier alpha value is -3.14. The third kappa shape index (κ3) is 3.95. The van der Waals surface area contributed by atoms with Crippen molar-refractivity contribution in [2.75, 3.05) is 18.8 Å². The van der Waals surface area contributed by atoms with Crippen LogP contribution in [-0.2, 0) is 0 Å². The van der Waals surface area contributed by atoms with Crippen molar-refractivity contribution in [1.82, 2.24) is 19.7 Å². The number of benzene rings is 2. The second-order valence-corrected chi connectivity index (χ2v) is 8.97. The van der Waals surface area contributed by atoms with Crippen molar-refractivity contribution >= 4 is 17.4 Å². The van der Waals surface area contributed by atoms with Crippen molar-refractivity contribution in [3.8, 4) is 28.6 Å². The van der Waals surface area contributed by atoms with E-state index in [0.29, 0.717) is 11.5 Å². The summed E-state index contributed by atoms with van der Waals surface area (Å²) in [6.45, 7) is 4.26. The zero-order chi connectivity index (χ0) is 21.2. The zero-order valence-electron chi connectivity index (χ0n) is 17.4. The van der Waals surface area contributed by atoms with Gasteiger partial charge in [0.25, 0.3) is 0 Å². The number of nitriles is 1. The molecule has 0 radical (unpaired) electrons. The van der Waals surface area contributed by atoms with Crippen LogP contribution in [0.25, 0.3) is 28.2 Å². The number of nitrogens with one attached hydrogen (secondary N) is 1. The molecule has 1 atom stereocenters. The summed E-state index contributed by atoms with van der Waals surface area (Å²) in [7, 11) is 0. The fourth-order valence-corrected chi connectivity index (χ4v) is 5.12. The first kappa shape index (κ1) is 19.8. The number of hydrogen-bond acceptors (Lipinski definition) is 5. The summed E-state index contributed by atoms with van der Waals surface area (Å²) in [6.07, 6.45) is 5.07. The average molecular weight is 426 g/mol. The molecule has 2 aromatic heterocycles. The SMILES string of the molecule is Cc1ccc(-c2c(-c3ccc(C#N)cc3)nc(SC[C@@H]3CCNC3)c3nccn23)cc1. The van der Waals surface area contributed by atoms with Gasteiger partial charge in [0.2, 0.25) is 0 Å². The largest absolute Gasteiger partial charge is 0.316 e. The molecule has 0 unspecified atom stereocenters. The molecule has 4 aromatic rings. The summed E-state index contributed by atoms with van der Waals surface area (Å²) in [6, 6.07) is 18.4. The highest BCUT2D eigenvalue weighted by molar-refractivity contribution is 7.99. The molecule has 1 saturated heterocycles. The van der Waals surface area contributed by atoms with Gasteiger partial charge in [0.05, 0.1) is 23.0 Å². The monoisotopic (exact) mass is 425 g/mol. The van der Waals surface area contributed by atoms with Crippen molar-refractivity contribution in [3.05, 3.63) is 72.1 Å². The summed E-state index contributed by atoms with van der Waals surface area (Å²) in [5.41, 5.74) is 6.77. The first-order valence-corrected chi connectivity index (χ1v) is 11.5. The molecule has 0 aliphatic carbocycles. The zero-order valence-corrected chi connectivity index (χ0v) is 18.2. The van der Waals surface area contributed by atoms with Gasteiger partial charge in [-0.25, -0.2) is 9.97 Å². The molecule has 1 aliphatic rings. The number of rotatable bonds is 5. The summed E-state index contributed by atoms with van der Waals surface area (Å²) in [5, 5.41) is 13.6. The summed E-state index contributed by atoms with van der Waals surface area (Å²) >= 11 is 1.79. The van der Waals surface area contributed by atoms with Crippen LogP contribution in [-0.4, -0.2) is 33.2 Å². The van der Waals surface area contributed by atoms with E-state index in [9.17, 15) is 5.26 Å². The van der Waals surface area contributed by atoms with Crippen LogP contribution in [0.1, 0.15) is 17.5 Å². The number of hydrogen-bond donors (Lipinski definition) is 1. The van der Waals surface area contributed by atoms with E-state index in [1.54, 1.807) is 11.8 Å². The molecule has 154 valence electrons. The molecule has 0 amide bonds. The highest BCUT2D eigenvalue weighted by Crippen LogP contribution is 2.36. The van der Waals surface area contributed by atoms with Crippen molar-refractivity contribution in [2.45, 2.75) is 18.4 Å². The molecule has 31 heavy (non-hydrogen) atoms. The Morgan fingerprint density at radius 2 is 1.90 bits per heavy atom. The van der Waals surface area contributed by atoms with Gasteiger partial charge in [0, 0.05) is 29.3 Å². The lowest BCUT2D eigenvalue weighted by atomic mass is 10.0. The van der Waals surface area contributed by atoms with Crippen molar-refractivity contribution in [2.24, 2.45) is 5.92 Å². The summed E-state index contributed by atoms with van der Waals surface area (Å²) < 4.78 is 2.15. The topological polar surface area (TPSA) is 66.0 Å². The van der Waals surface area contributed by atoms with E-state index >= 15 is 0 Å². The average Bonchev–Trinajstić information content (AvgIpc) is 3.50. The predicted molar refractivity (Wildman–Crippen MR) is 125 cm³/mol. The van der Waals surface area contributed by atoms with E-state index in [0.717, 1.165) is 52.0 Å². The predicted octanol–water partition coefficient (Wildman–Crippen LogP) is 4.95. The molecule has 5 rings (SSSR count). The van der Waals surface area contributed by atoms with E-state index in [1.807, 2.05) is 36.7 Å². The fraction of sp³-hybridized carbons (Fsp3) is 0.240. The standard InChI is InChI=1S/C25H23N5S/c1-17-2-6-21(7-3-17)23-22(20-8-4-18(14-26)5-9-20)29-25(24-28-12-13-30(23)24)31-16-19-10-11-27-15-19/h2-9,12-13,19,27H,10-11,15-16H2,1H3/t19-/m1/s1. The maximum atomic E-state index is 9.20.